The second-order valence-electron chi connectivity index (χ2n) is 7.51. The van der Waals surface area contributed by atoms with Crippen molar-refractivity contribution in [3.63, 3.8) is 0 Å². The topological polar surface area (TPSA) is 80.2 Å². The fraction of sp³-hybridized carbons (Fsp3) is 0.579. The van der Waals surface area contributed by atoms with Crippen LogP contribution < -0.4 is 10.1 Å². The van der Waals surface area contributed by atoms with E-state index in [0.717, 1.165) is 6.54 Å². The zero-order chi connectivity index (χ0) is 18.0. The van der Waals surface area contributed by atoms with Crippen LogP contribution in [0.1, 0.15) is 42.7 Å². The standard InChI is InChI=1S/C19H25N5O2/c1-26-14-5-6-15-16(11-14)21-17(23-22-15)18(25)20-12-19(7-8-19)13-24-9-3-2-4-10-24/h5-6,11H,2-4,7-10,12-13H2,1H3,(H,20,25). The molecule has 1 aliphatic carbocycles. The molecule has 1 amide bonds. The molecule has 7 heteroatoms. The molecule has 0 unspecified atom stereocenters. The molecule has 1 saturated carbocycles. The van der Waals surface area contributed by atoms with E-state index in [9.17, 15) is 4.79 Å². The van der Waals surface area contributed by atoms with Crippen molar-refractivity contribution < 1.29 is 9.53 Å². The van der Waals surface area contributed by atoms with Gasteiger partial charge in [0.1, 0.15) is 11.3 Å². The number of aromatic nitrogens is 3. The second-order valence-corrected chi connectivity index (χ2v) is 7.51. The number of amides is 1. The second kappa shape index (κ2) is 7.15. The summed E-state index contributed by atoms with van der Waals surface area (Å²) in [7, 11) is 1.60. The van der Waals surface area contributed by atoms with Crippen LogP contribution in [0.25, 0.3) is 11.0 Å². The number of benzene rings is 1. The first-order valence-electron chi connectivity index (χ1n) is 9.37. The maximum absolute atomic E-state index is 12.5. The highest BCUT2D eigenvalue weighted by Crippen LogP contribution is 2.46. The number of likely N-dealkylation sites (tertiary alicyclic amines) is 1. The van der Waals surface area contributed by atoms with E-state index in [0.29, 0.717) is 23.3 Å². The summed E-state index contributed by atoms with van der Waals surface area (Å²) in [5, 5.41) is 11.1. The maximum Gasteiger partial charge on any atom is 0.291 e. The van der Waals surface area contributed by atoms with Crippen LogP contribution in [-0.2, 0) is 0 Å². The maximum atomic E-state index is 12.5. The highest BCUT2D eigenvalue weighted by molar-refractivity contribution is 5.92. The molecule has 1 N–H and O–H groups in total. The number of piperidine rings is 1. The van der Waals surface area contributed by atoms with E-state index in [1.807, 2.05) is 0 Å². The molecular formula is C19H25N5O2. The van der Waals surface area contributed by atoms with Crippen molar-refractivity contribution in [2.75, 3.05) is 33.3 Å². The van der Waals surface area contributed by atoms with Crippen LogP contribution in [0.5, 0.6) is 5.75 Å². The van der Waals surface area contributed by atoms with E-state index in [2.05, 4.69) is 25.4 Å². The number of carbonyl (C=O) groups excluding carboxylic acids is 1. The van der Waals surface area contributed by atoms with E-state index in [1.165, 1.54) is 45.2 Å². The Morgan fingerprint density at radius 2 is 2.00 bits per heavy atom. The molecule has 1 aliphatic heterocycles. The highest BCUT2D eigenvalue weighted by atomic mass is 16.5. The Morgan fingerprint density at radius 3 is 2.73 bits per heavy atom. The number of nitrogens with one attached hydrogen (secondary N) is 1. The van der Waals surface area contributed by atoms with Gasteiger partial charge < -0.3 is 15.0 Å². The van der Waals surface area contributed by atoms with Crippen LogP contribution in [0.3, 0.4) is 0 Å². The van der Waals surface area contributed by atoms with Crippen molar-refractivity contribution in [2.24, 2.45) is 5.41 Å². The lowest BCUT2D eigenvalue weighted by molar-refractivity contribution is 0.0925. The quantitative estimate of drug-likeness (QED) is 0.854. The Morgan fingerprint density at radius 1 is 1.19 bits per heavy atom. The number of carbonyl (C=O) groups is 1. The molecule has 2 aromatic rings. The van der Waals surface area contributed by atoms with Crippen molar-refractivity contribution in [1.82, 2.24) is 25.4 Å². The summed E-state index contributed by atoms with van der Waals surface area (Å²) in [4.78, 5) is 19.4. The van der Waals surface area contributed by atoms with Gasteiger partial charge in [0.15, 0.2) is 0 Å². The fourth-order valence-electron chi connectivity index (χ4n) is 3.64. The Labute approximate surface area is 153 Å². The van der Waals surface area contributed by atoms with Gasteiger partial charge >= 0.3 is 0 Å². The number of methoxy groups -OCH3 is 1. The molecule has 138 valence electrons. The summed E-state index contributed by atoms with van der Waals surface area (Å²) in [6.07, 6.45) is 6.29. The molecule has 0 radical (unpaired) electrons. The van der Waals surface area contributed by atoms with E-state index >= 15 is 0 Å². The molecule has 26 heavy (non-hydrogen) atoms. The molecule has 2 aliphatic rings. The molecule has 1 saturated heterocycles. The predicted octanol–water partition coefficient (Wildman–Crippen LogP) is 2.03. The van der Waals surface area contributed by atoms with Crippen LogP contribution in [0.4, 0.5) is 0 Å². The molecule has 4 rings (SSSR count). The zero-order valence-corrected chi connectivity index (χ0v) is 15.2. The van der Waals surface area contributed by atoms with Gasteiger partial charge in [-0.05, 0) is 50.9 Å². The number of hydrogen-bond acceptors (Lipinski definition) is 6. The first-order chi connectivity index (χ1) is 12.7. The predicted molar refractivity (Wildman–Crippen MR) is 98.2 cm³/mol. The van der Waals surface area contributed by atoms with Crippen LogP contribution >= 0.6 is 0 Å². The number of ether oxygens (including phenoxy) is 1. The third kappa shape index (κ3) is 3.77. The monoisotopic (exact) mass is 355 g/mol. The molecule has 1 aromatic carbocycles. The van der Waals surface area contributed by atoms with Crippen molar-refractivity contribution in [1.29, 1.82) is 0 Å². The van der Waals surface area contributed by atoms with Crippen molar-refractivity contribution >= 4 is 16.9 Å². The van der Waals surface area contributed by atoms with Crippen molar-refractivity contribution in [3.05, 3.63) is 24.0 Å². The molecule has 7 nitrogen and oxygen atoms in total. The molecule has 0 atom stereocenters. The third-order valence-electron chi connectivity index (χ3n) is 5.45. The van der Waals surface area contributed by atoms with Gasteiger partial charge in [0, 0.05) is 24.6 Å². The molecule has 1 aromatic heterocycles. The van der Waals surface area contributed by atoms with Gasteiger partial charge in [-0.15, -0.1) is 10.2 Å². The first kappa shape index (κ1) is 17.1. The van der Waals surface area contributed by atoms with E-state index in [4.69, 9.17) is 4.74 Å². The summed E-state index contributed by atoms with van der Waals surface area (Å²) in [6, 6.07) is 5.35. The van der Waals surface area contributed by atoms with Crippen molar-refractivity contribution in [2.45, 2.75) is 32.1 Å². The third-order valence-corrected chi connectivity index (χ3v) is 5.45. The molecular weight excluding hydrogens is 330 g/mol. The minimum Gasteiger partial charge on any atom is -0.497 e. The molecule has 2 fully saturated rings. The highest BCUT2D eigenvalue weighted by Gasteiger charge is 2.44. The number of fused-ring (bicyclic) bond motifs is 1. The lowest BCUT2D eigenvalue weighted by Crippen LogP contribution is -2.40. The average Bonchev–Trinajstić information content (AvgIpc) is 3.45. The van der Waals surface area contributed by atoms with Crippen molar-refractivity contribution in [3.8, 4) is 5.75 Å². The summed E-state index contributed by atoms with van der Waals surface area (Å²) in [5.74, 6) is 0.537. The minimum atomic E-state index is -0.257. The number of rotatable bonds is 6. The van der Waals surface area contributed by atoms with E-state index < -0.39 is 0 Å². The molecule has 0 bridgehead atoms. The van der Waals surface area contributed by atoms with Crippen LogP contribution in [-0.4, -0.2) is 59.3 Å². The normalized spacial score (nSPS) is 19.3. The summed E-state index contributed by atoms with van der Waals surface area (Å²) in [5.41, 5.74) is 1.49. The van der Waals surface area contributed by atoms with Gasteiger partial charge in [0.25, 0.3) is 5.91 Å². The van der Waals surface area contributed by atoms with Crippen LogP contribution in [0.15, 0.2) is 18.2 Å². The fourth-order valence-corrected chi connectivity index (χ4v) is 3.64. The van der Waals surface area contributed by atoms with Gasteiger partial charge in [-0.1, -0.05) is 6.42 Å². The number of nitrogens with zero attached hydrogens (tertiary/aromatic N) is 4. The molecule has 0 spiro atoms. The van der Waals surface area contributed by atoms with Gasteiger partial charge in [0.2, 0.25) is 5.82 Å². The van der Waals surface area contributed by atoms with E-state index in [-0.39, 0.29) is 17.1 Å². The van der Waals surface area contributed by atoms with Crippen LogP contribution in [0.2, 0.25) is 0 Å². The first-order valence-corrected chi connectivity index (χ1v) is 9.37. The van der Waals surface area contributed by atoms with Gasteiger partial charge in [0.05, 0.1) is 12.6 Å². The lowest BCUT2D eigenvalue weighted by Gasteiger charge is -2.30. The smallest absolute Gasteiger partial charge is 0.291 e. The van der Waals surface area contributed by atoms with Gasteiger partial charge in [-0.3, -0.25) is 4.79 Å². The zero-order valence-electron chi connectivity index (χ0n) is 15.2. The lowest BCUT2D eigenvalue weighted by atomic mass is 10.0. The van der Waals surface area contributed by atoms with Gasteiger partial charge in [-0.2, -0.15) is 0 Å². The van der Waals surface area contributed by atoms with E-state index in [1.54, 1.807) is 25.3 Å². The Kier molecular flexibility index (Phi) is 4.72. The summed E-state index contributed by atoms with van der Waals surface area (Å²) >= 11 is 0. The Hall–Kier alpha value is -2.28. The summed E-state index contributed by atoms with van der Waals surface area (Å²) in [6.45, 7) is 4.15. The number of hydrogen-bond donors (Lipinski definition) is 1. The van der Waals surface area contributed by atoms with Gasteiger partial charge in [-0.25, -0.2) is 4.98 Å². The average molecular weight is 355 g/mol. The Bertz CT molecular complexity index is 800. The largest absolute Gasteiger partial charge is 0.497 e. The molecule has 2 heterocycles. The van der Waals surface area contributed by atoms with Crippen LogP contribution in [0, 0.1) is 5.41 Å². The summed E-state index contributed by atoms with van der Waals surface area (Å²) < 4.78 is 5.20. The Balaban J connectivity index is 1.39. The SMILES string of the molecule is COc1ccc2nnc(C(=O)NCC3(CN4CCCCC4)CC3)nc2c1. The minimum absolute atomic E-state index is 0.111.